The zero-order valence-corrected chi connectivity index (χ0v) is 20.1. The van der Waals surface area contributed by atoms with Gasteiger partial charge in [0, 0.05) is 12.0 Å². The quantitative estimate of drug-likeness (QED) is 0.482. The van der Waals surface area contributed by atoms with Crippen LogP contribution in [0.15, 0.2) is 60.2 Å². The molecule has 3 atom stereocenters. The molecule has 7 nitrogen and oxygen atoms in total. The Kier molecular flexibility index (Phi) is 7.54. The maximum absolute atomic E-state index is 13.0. The van der Waals surface area contributed by atoms with Crippen LogP contribution in [0.5, 0.6) is 0 Å². The van der Waals surface area contributed by atoms with Gasteiger partial charge < -0.3 is 20.5 Å². The van der Waals surface area contributed by atoms with Gasteiger partial charge in [0.25, 0.3) is 0 Å². The third-order valence-corrected chi connectivity index (χ3v) is 6.87. The molecule has 1 fully saturated rings. The van der Waals surface area contributed by atoms with Crippen molar-refractivity contribution in [3.8, 4) is 11.1 Å². The van der Waals surface area contributed by atoms with Crippen LogP contribution in [0, 0.1) is 5.92 Å². The van der Waals surface area contributed by atoms with Gasteiger partial charge in [-0.15, -0.1) is 0 Å². The predicted octanol–water partition coefficient (Wildman–Crippen LogP) is 4.62. The summed E-state index contributed by atoms with van der Waals surface area (Å²) < 4.78 is 5.61. The van der Waals surface area contributed by atoms with E-state index < -0.39 is 36.0 Å². The van der Waals surface area contributed by atoms with E-state index in [0.717, 1.165) is 34.2 Å². The highest BCUT2D eigenvalue weighted by Crippen LogP contribution is 2.44. The van der Waals surface area contributed by atoms with Crippen LogP contribution in [0.4, 0.5) is 4.79 Å². The van der Waals surface area contributed by atoms with E-state index in [1.54, 1.807) is 0 Å². The summed E-state index contributed by atoms with van der Waals surface area (Å²) in [6.07, 6.45) is 3.40. The Labute approximate surface area is 205 Å². The number of ether oxygens (including phenoxy) is 1. The van der Waals surface area contributed by atoms with Gasteiger partial charge in [0.2, 0.25) is 5.91 Å². The van der Waals surface area contributed by atoms with E-state index in [2.05, 4.69) is 22.8 Å². The van der Waals surface area contributed by atoms with Crippen molar-refractivity contribution in [1.82, 2.24) is 10.6 Å². The Morgan fingerprint density at radius 2 is 1.66 bits per heavy atom. The molecule has 0 aliphatic heterocycles. The number of carbonyl (C=O) groups excluding carboxylic acids is 2. The number of carboxylic acid groups (broad SMARTS) is 1. The van der Waals surface area contributed by atoms with E-state index in [9.17, 15) is 19.5 Å². The van der Waals surface area contributed by atoms with E-state index in [0.29, 0.717) is 19.3 Å². The van der Waals surface area contributed by atoms with Crippen molar-refractivity contribution in [3.05, 3.63) is 71.3 Å². The summed E-state index contributed by atoms with van der Waals surface area (Å²) in [6, 6.07) is 14.9. The van der Waals surface area contributed by atoms with Crippen molar-refractivity contribution in [3.63, 3.8) is 0 Å². The van der Waals surface area contributed by atoms with E-state index in [1.165, 1.54) is 0 Å². The number of hydrogen-bond donors (Lipinski definition) is 3. The second kappa shape index (κ2) is 10.8. The molecule has 2 aliphatic rings. The van der Waals surface area contributed by atoms with Gasteiger partial charge in [-0.05, 0) is 55.4 Å². The molecule has 2 amide bonds. The molecule has 1 unspecified atom stereocenters. The number of carbonyl (C=O) groups is 3. The first kappa shape index (κ1) is 24.5. The smallest absolute Gasteiger partial charge is 0.407 e. The first-order valence-electron chi connectivity index (χ1n) is 12.1. The van der Waals surface area contributed by atoms with Gasteiger partial charge in [-0.1, -0.05) is 66.6 Å². The van der Waals surface area contributed by atoms with Gasteiger partial charge in [0.15, 0.2) is 0 Å². The lowest BCUT2D eigenvalue weighted by Crippen LogP contribution is -2.51. The molecule has 0 saturated heterocycles. The van der Waals surface area contributed by atoms with Crippen LogP contribution in [0.1, 0.15) is 56.6 Å². The van der Waals surface area contributed by atoms with Crippen molar-refractivity contribution in [2.45, 2.75) is 57.5 Å². The number of fused-ring (bicyclic) bond motifs is 3. The Bertz CT molecular complexity index is 1090. The summed E-state index contributed by atoms with van der Waals surface area (Å²) >= 11 is 0. The average molecular weight is 477 g/mol. The van der Waals surface area contributed by atoms with Gasteiger partial charge in [0.1, 0.15) is 12.6 Å². The van der Waals surface area contributed by atoms with Crippen LogP contribution in [-0.2, 0) is 14.3 Å². The summed E-state index contributed by atoms with van der Waals surface area (Å²) in [5.74, 6) is -1.97. The molecule has 35 heavy (non-hydrogen) atoms. The fourth-order valence-electron chi connectivity index (χ4n) is 5.08. The molecule has 1 saturated carbocycles. The van der Waals surface area contributed by atoms with Crippen molar-refractivity contribution in [2.75, 3.05) is 6.61 Å². The molecule has 2 aliphatic carbocycles. The van der Waals surface area contributed by atoms with Crippen LogP contribution in [-0.4, -0.2) is 41.8 Å². The second-order valence-corrected chi connectivity index (χ2v) is 9.53. The molecule has 2 aromatic carbocycles. The number of hydrogen-bond acceptors (Lipinski definition) is 4. The Balaban J connectivity index is 1.42. The summed E-state index contributed by atoms with van der Waals surface area (Å²) in [4.78, 5) is 37.3. The molecule has 0 heterocycles. The number of rotatable bonds is 8. The molecular formula is C28H32N2O5. The third kappa shape index (κ3) is 5.56. The average Bonchev–Trinajstić information content (AvgIpc) is 3.43. The van der Waals surface area contributed by atoms with E-state index in [4.69, 9.17) is 4.74 Å². The number of carboxylic acids is 1. The summed E-state index contributed by atoms with van der Waals surface area (Å²) in [7, 11) is 0. The summed E-state index contributed by atoms with van der Waals surface area (Å²) in [6.45, 7) is 3.99. The van der Waals surface area contributed by atoms with Crippen LogP contribution in [0.2, 0.25) is 0 Å². The lowest BCUT2D eigenvalue weighted by atomic mass is 9.98. The molecule has 184 valence electrons. The normalized spacial score (nSPS) is 19.3. The molecular weight excluding hydrogens is 444 g/mol. The van der Waals surface area contributed by atoms with Crippen molar-refractivity contribution < 1.29 is 24.2 Å². The van der Waals surface area contributed by atoms with Gasteiger partial charge in [0.05, 0.1) is 5.92 Å². The largest absolute Gasteiger partial charge is 0.481 e. The molecule has 0 bridgehead atoms. The molecule has 4 rings (SSSR count). The number of nitrogens with one attached hydrogen (secondary N) is 2. The number of allylic oxidation sites excluding steroid dienone is 1. The fourth-order valence-corrected chi connectivity index (χ4v) is 5.08. The standard InChI is InChI=1S/C28H32N2O5/c1-17(2)14-15-25(26(31)29-24-13-7-12-22(24)27(32)33)30-28(34)35-16-23-20-10-5-3-8-18(20)19-9-4-6-11-21(19)23/h3-6,8-11,14,22-25H,7,12-13,15-16H2,1-2H3,(H,29,31)(H,30,34)(H,32,33)/t22-,24+,25?/m0/s1. The molecule has 0 aromatic heterocycles. The van der Waals surface area contributed by atoms with Crippen LogP contribution in [0.3, 0.4) is 0 Å². The number of benzene rings is 2. The first-order valence-corrected chi connectivity index (χ1v) is 12.1. The maximum atomic E-state index is 13.0. The summed E-state index contributed by atoms with van der Waals surface area (Å²) in [5, 5.41) is 15.0. The van der Waals surface area contributed by atoms with Gasteiger partial charge >= 0.3 is 12.1 Å². The monoisotopic (exact) mass is 476 g/mol. The van der Waals surface area contributed by atoms with Gasteiger partial charge in [-0.3, -0.25) is 9.59 Å². The van der Waals surface area contributed by atoms with Crippen LogP contribution >= 0.6 is 0 Å². The van der Waals surface area contributed by atoms with E-state index in [-0.39, 0.29) is 12.5 Å². The van der Waals surface area contributed by atoms with Crippen molar-refractivity contribution >= 4 is 18.0 Å². The molecule has 7 heteroatoms. The molecule has 3 N–H and O–H groups in total. The first-order chi connectivity index (χ1) is 16.8. The van der Waals surface area contributed by atoms with E-state index >= 15 is 0 Å². The zero-order chi connectivity index (χ0) is 24.9. The lowest BCUT2D eigenvalue weighted by Gasteiger charge is -2.23. The maximum Gasteiger partial charge on any atom is 0.407 e. The lowest BCUT2D eigenvalue weighted by molar-refractivity contribution is -0.142. The Hall–Kier alpha value is -3.61. The van der Waals surface area contributed by atoms with Crippen molar-refractivity contribution in [1.29, 1.82) is 0 Å². The number of amides is 2. The van der Waals surface area contributed by atoms with Crippen molar-refractivity contribution in [2.24, 2.45) is 5.92 Å². The fraction of sp³-hybridized carbons (Fsp3) is 0.393. The highest BCUT2D eigenvalue weighted by Gasteiger charge is 2.35. The predicted molar refractivity (Wildman–Crippen MR) is 133 cm³/mol. The highest BCUT2D eigenvalue weighted by atomic mass is 16.5. The van der Waals surface area contributed by atoms with E-state index in [1.807, 2.05) is 56.3 Å². The Morgan fingerprint density at radius 1 is 1.03 bits per heavy atom. The molecule has 2 aromatic rings. The zero-order valence-electron chi connectivity index (χ0n) is 20.1. The third-order valence-electron chi connectivity index (χ3n) is 6.87. The minimum atomic E-state index is -0.904. The van der Waals surface area contributed by atoms with Crippen LogP contribution in [0.25, 0.3) is 11.1 Å². The Morgan fingerprint density at radius 3 is 2.26 bits per heavy atom. The summed E-state index contributed by atoms with van der Waals surface area (Å²) in [5.41, 5.74) is 5.52. The SMILES string of the molecule is CC(C)=CCC(NC(=O)OCC1c2ccccc2-c2ccccc21)C(=O)N[C@@H]1CCC[C@@H]1C(=O)O. The van der Waals surface area contributed by atoms with Gasteiger partial charge in [-0.2, -0.15) is 0 Å². The topological polar surface area (TPSA) is 105 Å². The van der Waals surface area contributed by atoms with Gasteiger partial charge in [-0.25, -0.2) is 4.79 Å². The molecule has 0 radical (unpaired) electrons. The minimum Gasteiger partial charge on any atom is -0.481 e. The number of alkyl carbamates (subject to hydrolysis) is 1. The molecule has 0 spiro atoms. The second-order valence-electron chi connectivity index (χ2n) is 9.53. The number of aliphatic carboxylic acids is 1. The van der Waals surface area contributed by atoms with Crippen LogP contribution < -0.4 is 10.6 Å². The minimum absolute atomic E-state index is 0.0759. The highest BCUT2D eigenvalue weighted by molar-refractivity contribution is 5.87.